The Morgan fingerprint density at radius 1 is 1.37 bits per heavy atom. The first-order chi connectivity index (χ1) is 8.96. The average Bonchev–Trinajstić information content (AvgIpc) is 2.64. The van der Waals surface area contributed by atoms with Gasteiger partial charge >= 0.3 is 0 Å². The van der Waals surface area contributed by atoms with Gasteiger partial charge in [-0.2, -0.15) is 11.8 Å². The molecule has 2 unspecified atom stereocenters. The third-order valence-corrected chi connectivity index (χ3v) is 6.49. The van der Waals surface area contributed by atoms with E-state index in [1.165, 1.54) is 32.1 Å². The van der Waals surface area contributed by atoms with Crippen LogP contribution in [-0.2, 0) is 4.79 Å². The maximum atomic E-state index is 12.7. The van der Waals surface area contributed by atoms with Crippen LogP contribution in [0.25, 0.3) is 0 Å². The van der Waals surface area contributed by atoms with E-state index in [4.69, 9.17) is 0 Å². The molecule has 19 heavy (non-hydrogen) atoms. The highest BCUT2D eigenvalue weighted by atomic mass is 32.2. The third-order valence-electron chi connectivity index (χ3n) is 5.09. The molecule has 0 bridgehead atoms. The smallest absolute Gasteiger partial charge is 0.243 e. The second-order valence-corrected chi connectivity index (χ2v) is 7.66. The Hall–Kier alpha value is -0.220. The van der Waals surface area contributed by atoms with Crippen LogP contribution in [0, 0.1) is 0 Å². The van der Waals surface area contributed by atoms with Crippen LogP contribution in [0.4, 0.5) is 0 Å². The van der Waals surface area contributed by atoms with Crippen LogP contribution in [0.5, 0.6) is 0 Å². The van der Waals surface area contributed by atoms with Crippen LogP contribution in [0.3, 0.4) is 0 Å². The van der Waals surface area contributed by atoms with Gasteiger partial charge in [0.15, 0.2) is 0 Å². The highest BCUT2D eigenvalue weighted by Gasteiger charge is 2.47. The van der Waals surface area contributed by atoms with Crippen LogP contribution in [0.1, 0.15) is 59.3 Å². The lowest BCUT2D eigenvalue weighted by molar-refractivity contribution is -0.133. The van der Waals surface area contributed by atoms with Crippen molar-refractivity contribution >= 4 is 17.7 Å². The van der Waals surface area contributed by atoms with Crippen molar-refractivity contribution in [2.75, 3.05) is 12.8 Å². The largest absolute Gasteiger partial charge is 0.324 e. The predicted octanol–water partition coefficient (Wildman–Crippen LogP) is 3.00. The summed E-state index contributed by atoms with van der Waals surface area (Å²) in [5.74, 6) is 0.293. The zero-order valence-electron chi connectivity index (χ0n) is 12.8. The monoisotopic (exact) mass is 284 g/mol. The lowest BCUT2D eigenvalue weighted by atomic mass is 9.87. The van der Waals surface area contributed by atoms with E-state index in [-0.39, 0.29) is 11.7 Å². The fraction of sp³-hybridized carbons (Fsp3) is 0.933. The second kappa shape index (κ2) is 5.65. The number of carbonyl (C=O) groups excluding carboxylic acids is 1. The topological polar surface area (TPSA) is 32.3 Å². The van der Waals surface area contributed by atoms with Gasteiger partial charge < -0.3 is 4.90 Å². The van der Waals surface area contributed by atoms with Crippen molar-refractivity contribution in [2.24, 2.45) is 0 Å². The quantitative estimate of drug-likeness (QED) is 0.861. The normalized spacial score (nSPS) is 34.8. The molecule has 1 N–H and O–H groups in total. The molecule has 1 aliphatic heterocycles. The maximum absolute atomic E-state index is 12.7. The number of hydrogen-bond acceptors (Lipinski definition) is 3. The molecule has 1 saturated heterocycles. The van der Waals surface area contributed by atoms with Crippen LogP contribution < -0.4 is 5.32 Å². The summed E-state index contributed by atoms with van der Waals surface area (Å²) in [4.78, 5) is 14.7. The molecule has 0 radical (unpaired) electrons. The molecule has 3 nitrogen and oxygen atoms in total. The second-order valence-electron chi connectivity index (χ2n) is 6.39. The number of rotatable bonds is 4. The molecule has 2 aliphatic rings. The number of thioether (sulfide) groups is 1. The van der Waals surface area contributed by atoms with E-state index in [9.17, 15) is 4.79 Å². The van der Waals surface area contributed by atoms with Crippen molar-refractivity contribution < 1.29 is 4.79 Å². The van der Waals surface area contributed by atoms with Crippen molar-refractivity contribution in [2.45, 2.75) is 75.7 Å². The predicted molar refractivity (Wildman–Crippen MR) is 82.3 cm³/mol. The zero-order valence-corrected chi connectivity index (χ0v) is 13.6. The molecule has 4 heteroatoms. The first-order valence-corrected chi connectivity index (χ1v) is 8.83. The SMILES string of the molecule is CCC1(C)NC(C)N(CC2(SC)CCCCC2)C1=O. The van der Waals surface area contributed by atoms with Gasteiger partial charge in [-0.1, -0.05) is 26.2 Å². The number of carbonyl (C=O) groups is 1. The highest BCUT2D eigenvalue weighted by molar-refractivity contribution is 8.00. The van der Waals surface area contributed by atoms with Crippen LogP contribution in [0.15, 0.2) is 0 Å². The van der Waals surface area contributed by atoms with Crippen molar-refractivity contribution in [3.63, 3.8) is 0 Å². The molecule has 0 spiro atoms. The van der Waals surface area contributed by atoms with Gasteiger partial charge in [0.05, 0.1) is 11.7 Å². The van der Waals surface area contributed by atoms with E-state index in [1.54, 1.807) is 0 Å². The fourth-order valence-electron chi connectivity index (χ4n) is 3.49. The van der Waals surface area contributed by atoms with Gasteiger partial charge in [-0.05, 0) is 39.4 Å². The molecule has 1 saturated carbocycles. The Morgan fingerprint density at radius 3 is 2.47 bits per heavy atom. The van der Waals surface area contributed by atoms with E-state index in [0.29, 0.717) is 10.7 Å². The van der Waals surface area contributed by atoms with Crippen molar-refractivity contribution in [1.29, 1.82) is 0 Å². The minimum atomic E-state index is -0.353. The Bertz CT molecular complexity index is 341. The first kappa shape index (κ1) is 15.2. The summed E-state index contributed by atoms with van der Waals surface area (Å²) in [7, 11) is 0. The molecule has 2 fully saturated rings. The minimum absolute atomic E-state index is 0.170. The molecule has 2 atom stereocenters. The summed E-state index contributed by atoms with van der Waals surface area (Å²) in [5.41, 5.74) is -0.353. The fourth-order valence-corrected chi connectivity index (χ4v) is 4.45. The molecule has 1 heterocycles. The maximum Gasteiger partial charge on any atom is 0.243 e. The Labute approximate surface area is 121 Å². The Kier molecular flexibility index (Phi) is 4.51. The highest BCUT2D eigenvalue weighted by Crippen LogP contribution is 2.40. The lowest BCUT2D eigenvalue weighted by Gasteiger charge is -2.40. The first-order valence-electron chi connectivity index (χ1n) is 7.60. The van der Waals surface area contributed by atoms with Crippen molar-refractivity contribution in [1.82, 2.24) is 10.2 Å². The minimum Gasteiger partial charge on any atom is -0.324 e. The van der Waals surface area contributed by atoms with Gasteiger partial charge in [-0.15, -0.1) is 0 Å². The van der Waals surface area contributed by atoms with Crippen LogP contribution in [0.2, 0.25) is 0 Å². The zero-order chi connectivity index (χ0) is 14.1. The van der Waals surface area contributed by atoms with E-state index >= 15 is 0 Å². The number of nitrogens with one attached hydrogen (secondary N) is 1. The summed E-state index contributed by atoms with van der Waals surface area (Å²) < 4.78 is 0.294. The molecule has 0 aromatic carbocycles. The summed E-state index contributed by atoms with van der Waals surface area (Å²) >= 11 is 1.97. The van der Waals surface area contributed by atoms with Gasteiger partial charge in [-0.3, -0.25) is 10.1 Å². The Balaban J connectivity index is 2.11. The van der Waals surface area contributed by atoms with E-state index in [1.807, 2.05) is 18.7 Å². The van der Waals surface area contributed by atoms with Crippen molar-refractivity contribution in [3.05, 3.63) is 0 Å². The molecule has 1 amide bonds. The van der Waals surface area contributed by atoms with Gasteiger partial charge in [-0.25, -0.2) is 0 Å². The number of amides is 1. The summed E-state index contributed by atoms with van der Waals surface area (Å²) in [5, 5.41) is 3.48. The molecule has 0 aromatic rings. The molecule has 110 valence electrons. The van der Waals surface area contributed by atoms with E-state index in [2.05, 4.69) is 30.3 Å². The molecule has 2 rings (SSSR count). The molecular formula is C15H28N2OS. The van der Waals surface area contributed by atoms with Gasteiger partial charge in [0.25, 0.3) is 0 Å². The third kappa shape index (κ3) is 2.80. The number of hydrogen-bond donors (Lipinski definition) is 1. The Morgan fingerprint density at radius 2 is 2.00 bits per heavy atom. The van der Waals surface area contributed by atoms with Gasteiger partial charge in [0, 0.05) is 11.3 Å². The summed E-state index contributed by atoms with van der Waals surface area (Å²) in [6.07, 6.45) is 9.74. The number of nitrogens with zero attached hydrogens (tertiary/aromatic N) is 1. The standard InChI is InChI=1S/C15H28N2OS/c1-5-14(3)13(18)17(12(2)16-14)11-15(19-4)9-7-6-8-10-15/h12,16H,5-11H2,1-4H3. The van der Waals surface area contributed by atoms with Gasteiger partial charge in [0.2, 0.25) is 5.91 Å². The van der Waals surface area contributed by atoms with E-state index in [0.717, 1.165) is 13.0 Å². The summed E-state index contributed by atoms with van der Waals surface area (Å²) in [6, 6.07) is 0. The summed E-state index contributed by atoms with van der Waals surface area (Å²) in [6.45, 7) is 7.16. The van der Waals surface area contributed by atoms with Crippen molar-refractivity contribution in [3.8, 4) is 0 Å². The van der Waals surface area contributed by atoms with Gasteiger partial charge in [0.1, 0.15) is 0 Å². The lowest BCUT2D eigenvalue weighted by Crippen LogP contribution is -2.47. The average molecular weight is 284 g/mol. The molecule has 0 aromatic heterocycles. The molecule has 1 aliphatic carbocycles. The molecular weight excluding hydrogens is 256 g/mol. The van der Waals surface area contributed by atoms with Crippen LogP contribution in [-0.4, -0.2) is 40.1 Å². The van der Waals surface area contributed by atoms with E-state index < -0.39 is 0 Å². The van der Waals surface area contributed by atoms with Crippen LogP contribution >= 0.6 is 11.8 Å².